The maximum absolute atomic E-state index is 5.67. The molecule has 2 unspecified atom stereocenters. The molecule has 0 spiro atoms. The Hall–Kier alpha value is -0.790. The zero-order chi connectivity index (χ0) is 8.01. The van der Waals surface area contributed by atoms with E-state index in [2.05, 4.69) is 18.5 Å². The summed E-state index contributed by atoms with van der Waals surface area (Å²) < 4.78 is 0. The van der Waals surface area contributed by atoms with Gasteiger partial charge >= 0.3 is 0 Å². The summed E-state index contributed by atoms with van der Waals surface area (Å²) in [6, 6.07) is 0.483. The van der Waals surface area contributed by atoms with E-state index in [-0.39, 0.29) is 0 Å². The summed E-state index contributed by atoms with van der Waals surface area (Å²) in [6.45, 7) is 6.05. The second kappa shape index (κ2) is 2.10. The zero-order valence-corrected chi connectivity index (χ0v) is 6.83. The van der Waals surface area contributed by atoms with Crippen molar-refractivity contribution in [3.8, 4) is 0 Å². The first kappa shape index (κ1) is 6.89. The highest BCUT2D eigenvalue weighted by atomic mass is 15.0. The van der Waals surface area contributed by atoms with Crippen LogP contribution in [0, 0.1) is 17.8 Å². The van der Waals surface area contributed by atoms with Crippen LogP contribution in [-0.4, -0.2) is 11.9 Å². The van der Waals surface area contributed by atoms with Crippen molar-refractivity contribution < 1.29 is 0 Å². The molecule has 0 aromatic heterocycles. The summed E-state index contributed by atoms with van der Waals surface area (Å²) in [4.78, 5) is 4.38. The van der Waals surface area contributed by atoms with E-state index in [1.165, 1.54) is 0 Å². The quantitative estimate of drug-likeness (QED) is 0.560. The fourth-order valence-electron chi connectivity index (χ4n) is 2.24. The molecule has 1 aliphatic carbocycles. The second-order valence-electron chi connectivity index (χ2n) is 3.68. The first-order chi connectivity index (χ1) is 5.24. The van der Waals surface area contributed by atoms with Crippen LogP contribution in [0.4, 0.5) is 0 Å². The molecule has 2 rings (SSSR count). The van der Waals surface area contributed by atoms with Crippen molar-refractivity contribution in [2.45, 2.75) is 19.4 Å². The molecular formula is C9H14N2. The Kier molecular flexibility index (Phi) is 1.31. The molecule has 0 aromatic rings. The van der Waals surface area contributed by atoms with Crippen LogP contribution in [0.3, 0.4) is 0 Å². The van der Waals surface area contributed by atoms with Gasteiger partial charge in [0.15, 0.2) is 0 Å². The molecule has 2 aliphatic rings. The van der Waals surface area contributed by atoms with Gasteiger partial charge in [-0.1, -0.05) is 13.0 Å². The summed E-state index contributed by atoms with van der Waals surface area (Å²) in [7, 11) is 0. The predicted molar refractivity (Wildman–Crippen MR) is 46.4 cm³/mol. The molecule has 0 bridgehead atoms. The van der Waals surface area contributed by atoms with Crippen LogP contribution in [0.5, 0.6) is 0 Å². The SMILES string of the molecule is C=CC1[C@H]2C(C)CC(N)=N[C@H]12. The van der Waals surface area contributed by atoms with Crippen LogP contribution in [0.2, 0.25) is 0 Å². The van der Waals surface area contributed by atoms with Crippen LogP contribution in [-0.2, 0) is 0 Å². The first-order valence-electron chi connectivity index (χ1n) is 4.18. The molecule has 2 heteroatoms. The Morgan fingerprint density at radius 3 is 3.09 bits per heavy atom. The molecule has 4 atom stereocenters. The predicted octanol–water partition coefficient (Wildman–Crippen LogP) is 1.18. The van der Waals surface area contributed by atoms with Crippen LogP contribution in [0.1, 0.15) is 13.3 Å². The van der Waals surface area contributed by atoms with Crippen molar-refractivity contribution in [1.29, 1.82) is 0 Å². The van der Waals surface area contributed by atoms with Gasteiger partial charge in [0.05, 0.1) is 11.9 Å². The van der Waals surface area contributed by atoms with E-state index >= 15 is 0 Å². The molecule has 0 aromatic carbocycles. The van der Waals surface area contributed by atoms with E-state index in [0.29, 0.717) is 17.9 Å². The summed E-state index contributed by atoms with van der Waals surface area (Å²) >= 11 is 0. The smallest absolute Gasteiger partial charge is 0.0943 e. The van der Waals surface area contributed by atoms with E-state index in [0.717, 1.165) is 18.2 Å². The minimum absolute atomic E-state index is 0.483. The van der Waals surface area contributed by atoms with Crippen molar-refractivity contribution in [2.75, 3.05) is 0 Å². The van der Waals surface area contributed by atoms with Gasteiger partial charge < -0.3 is 5.73 Å². The lowest BCUT2D eigenvalue weighted by atomic mass is 9.98. The highest BCUT2D eigenvalue weighted by Crippen LogP contribution is 2.51. The number of nitrogens with zero attached hydrogens (tertiary/aromatic N) is 1. The van der Waals surface area contributed by atoms with Gasteiger partial charge in [-0.3, -0.25) is 4.99 Å². The van der Waals surface area contributed by atoms with Gasteiger partial charge in [-0.25, -0.2) is 0 Å². The van der Waals surface area contributed by atoms with Gasteiger partial charge in [-0.05, 0) is 11.8 Å². The van der Waals surface area contributed by atoms with E-state index in [1.54, 1.807) is 0 Å². The fraction of sp³-hybridized carbons (Fsp3) is 0.667. The normalized spacial score (nSPS) is 47.5. The van der Waals surface area contributed by atoms with Crippen molar-refractivity contribution in [2.24, 2.45) is 28.5 Å². The molecule has 0 radical (unpaired) electrons. The van der Waals surface area contributed by atoms with E-state index in [1.807, 2.05) is 6.08 Å². The van der Waals surface area contributed by atoms with Crippen LogP contribution >= 0.6 is 0 Å². The number of amidine groups is 1. The summed E-state index contributed by atoms with van der Waals surface area (Å²) in [5.74, 6) is 2.91. The van der Waals surface area contributed by atoms with Crippen LogP contribution < -0.4 is 5.73 Å². The van der Waals surface area contributed by atoms with Gasteiger partial charge in [0, 0.05) is 12.3 Å². The topological polar surface area (TPSA) is 38.4 Å². The van der Waals surface area contributed by atoms with E-state index < -0.39 is 0 Å². The number of hydrogen-bond donors (Lipinski definition) is 1. The van der Waals surface area contributed by atoms with Crippen LogP contribution in [0.15, 0.2) is 17.6 Å². The third kappa shape index (κ3) is 0.889. The maximum atomic E-state index is 5.67. The van der Waals surface area contributed by atoms with Gasteiger partial charge in [-0.2, -0.15) is 0 Å². The first-order valence-corrected chi connectivity index (χ1v) is 4.18. The van der Waals surface area contributed by atoms with Crippen molar-refractivity contribution >= 4 is 5.84 Å². The molecule has 1 heterocycles. The Balaban J connectivity index is 2.17. The lowest BCUT2D eigenvalue weighted by molar-refractivity contribution is 0.488. The van der Waals surface area contributed by atoms with Gasteiger partial charge in [0.25, 0.3) is 0 Å². The Bertz CT molecular complexity index is 220. The van der Waals surface area contributed by atoms with Crippen LogP contribution in [0.25, 0.3) is 0 Å². The average Bonchev–Trinajstić information content (AvgIpc) is 2.61. The number of nitrogens with two attached hydrogens (primary N) is 1. The molecule has 1 fully saturated rings. The monoisotopic (exact) mass is 150 g/mol. The number of rotatable bonds is 1. The molecule has 2 nitrogen and oxygen atoms in total. The summed E-state index contributed by atoms with van der Waals surface area (Å²) in [5, 5.41) is 0. The molecule has 0 amide bonds. The molecule has 0 saturated heterocycles. The van der Waals surface area contributed by atoms with E-state index in [9.17, 15) is 0 Å². The molecule has 1 aliphatic heterocycles. The summed E-state index contributed by atoms with van der Waals surface area (Å²) in [6.07, 6.45) is 3.00. The molecular weight excluding hydrogens is 136 g/mol. The van der Waals surface area contributed by atoms with Crippen molar-refractivity contribution in [3.05, 3.63) is 12.7 Å². The Labute approximate surface area is 67.2 Å². The number of aliphatic imine (C=N–C) groups is 1. The van der Waals surface area contributed by atoms with Gasteiger partial charge in [0.1, 0.15) is 0 Å². The van der Waals surface area contributed by atoms with Gasteiger partial charge in [-0.15, -0.1) is 6.58 Å². The molecule has 11 heavy (non-hydrogen) atoms. The largest absolute Gasteiger partial charge is 0.387 e. The highest BCUT2D eigenvalue weighted by molar-refractivity contribution is 5.82. The minimum Gasteiger partial charge on any atom is -0.387 e. The Morgan fingerprint density at radius 2 is 2.45 bits per heavy atom. The molecule has 60 valence electrons. The van der Waals surface area contributed by atoms with E-state index in [4.69, 9.17) is 5.73 Å². The van der Waals surface area contributed by atoms with Crippen molar-refractivity contribution in [3.63, 3.8) is 0 Å². The van der Waals surface area contributed by atoms with Gasteiger partial charge in [0.2, 0.25) is 0 Å². The summed E-state index contributed by atoms with van der Waals surface area (Å²) in [5.41, 5.74) is 5.67. The number of hydrogen-bond acceptors (Lipinski definition) is 2. The average molecular weight is 150 g/mol. The number of fused-ring (bicyclic) bond motifs is 1. The highest BCUT2D eigenvalue weighted by Gasteiger charge is 2.53. The third-order valence-electron chi connectivity index (χ3n) is 2.87. The molecule has 1 saturated carbocycles. The lowest BCUT2D eigenvalue weighted by Crippen LogP contribution is -2.22. The molecule has 2 N–H and O–H groups in total. The lowest BCUT2D eigenvalue weighted by Gasteiger charge is -2.13. The fourth-order valence-corrected chi connectivity index (χ4v) is 2.24. The second-order valence-corrected chi connectivity index (χ2v) is 3.68. The maximum Gasteiger partial charge on any atom is 0.0943 e. The zero-order valence-electron chi connectivity index (χ0n) is 6.83. The minimum atomic E-state index is 0.483. The third-order valence-corrected chi connectivity index (χ3v) is 2.87. The standard InChI is InChI=1S/C9H14N2/c1-3-6-8-5(2)4-7(10)11-9(6)8/h3,5-6,8-9H,1,4H2,2H3,(H2,10,11)/t5?,6?,8-,9-/m1/s1. The van der Waals surface area contributed by atoms with Crippen molar-refractivity contribution in [1.82, 2.24) is 0 Å². The Morgan fingerprint density at radius 1 is 1.73 bits per heavy atom.